The zero-order chi connectivity index (χ0) is 14.1. The van der Waals surface area contributed by atoms with Crippen LogP contribution in [0.15, 0.2) is 18.5 Å². The van der Waals surface area contributed by atoms with E-state index < -0.39 is 29.1 Å². The largest absolute Gasteiger partial charge is 0.466 e. The molecule has 1 aromatic heterocycles. The van der Waals surface area contributed by atoms with Crippen LogP contribution in [0.4, 0.5) is 13.2 Å². The molecule has 0 saturated carbocycles. The number of esters is 1. The number of methoxy groups -OCH3 is 1. The van der Waals surface area contributed by atoms with Gasteiger partial charge in [0.2, 0.25) is 0 Å². The Kier molecular flexibility index (Phi) is 3.47. The van der Waals surface area contributed by atoms with Crippen LogP contribution in [0.25, 0.3) is 0 Å². The van der Waals surface area contributed by atoms with Crippen molar-refractivity contribution in [2.45, 2.75) is 11.8 Å². The zero-order valence-corrected chi connectivity index (χ0v) is 9.52. The number of aromatic nitrogens is 3. The third-order valence-electron chi connectivity index (χ3n) is 2.31. The van der Waals surface area contributed by atoms with Gasteiger partial charge in [-0.1, -0.05) is 6.58 Å². The number of alkyl halides is 3. The van der Waals surface area contributed by atoms with Gasteiger partial charge in [-0.05, 0) is 0 Å². The number of carbonyl (C=O) groups excluding carboxylic acids is 1. The molecule has 0 aromatic carbocycles. The van der Waals surface area contributed by atoms with E-state index in [1.54, 1.807) is 0 Å². The lowest BCUT2D eigenvalue weighted by molar-refractivity contribution is -0.254. The second-order valence-electron chi connectivity index (χ2n) is 3.39. The predicted octanol–water partition coefficient (Wildman–Crippen LogP) is 0.294. The van der Waals surface area contributed by atoms with Crippen LogP contribution in [-0.4, -0.2) is 39.1 Å². The molecule has 0 bridgehead atoms. The lowest BCUT2D eigenvalue weighted by Crippen LogP contribution is -2.48. The molecular formula is C9H10F3N3O3. The van der Waals surface area contributed by atoms with Crippen molar-refractivity contribution in [2.75, 3.05) is 7.11 Å². The molecule has 0 amide bonds. The van der Waals surface area contributed by atoms with E-state index in [9.17, 15) is 23.1 Å². The molecule has 1 atom stereocenters. The standard InChI is InChI=1S/C9H10F3N3O3/c1-5(6(16)18-3)8(17,9(10,11)12)7-13-4-14-15(7)2/h4,17H,1H2,2-3H3/t8-/m0/s1. The van der Waals surface area contributed by atoms with Gasteiger partial charge in [0.25, 0.3) is 5.60 Å². The molecule has 1 aromatic rings. The molecule has 0 fully saturated rings. The Morgan fingerprint density at radius 2 is 2.11 bits per heavy atom. The van der Waals surface area contributed by atoms with Crippen molar-refractivity contribution in [2.24, 2.45) is 7.05 Å². The van der Waals surface area contributed by atoms with Crippen molar-refractivity contribution < 1.29 is 27.8 Å². The van der Waals surface area contributed by atoms with Gasteiger partial charge in [0.15, 0.2) is 5.82 Å². The Morgan fingerprint density at radius 1 is 1.56 bits per heavy atom. The van der Waals surface area contributed by atoms with E-state index in [-0.39, 0.29) is 0 Å². The third-order valence-corrected chi connectivity index (χ3v) is 2.31. The van der Waals surface area contributed by atoms with Crippen molar-refractivity contribution in [1.29, 1.82) is 0 Å². The summed E-state index contributed by atoms with van der Waals surface area (Å²) in [6, 6.07) is 0. The minimum absolute atomic E-state index is 0.696. The van der Waals surface area contributed by atoms with Crippen LogP contribution in [0.5, 0.6) is 0 Å². The number of nitrogens with zero attached hydrogens (tertiary/aromatic N) is 3. The highest BCUT2D eigenvalue weighted by Gasteiger charge is 2.61. The first-order valence-electron chi connectivity index (χ1n) is 4.57. The first-order chi connectivity index (χ1) is 8.16. The van der Waals surface area contributed by atoms with Gasteiger partial charge < -0.3 is 9.84 Å². The number of hydrogen-bond acceptors (Lipinski definition) is 5. The maximum Gasteiger partial charge on any atom is 0.429 e. The van der Waals surface area contributed by atoms with Crippen molar-refractivity contribution in [3.63, 3.8) is 0 Å². The summed E-state index contributed by atoms with van der Waals surface area (Å²) in [6.45, 7) is 2.94. The lowest BCUT2D eigenvalue weighted by atomic mass is 9.93. The minimum Gasteiger partial charge on any atom is -0.466 e. The van der Waals surface area contributed by atoms with Gasteiger partial charge in [-0.25, -0.2) is 14.5 Å². The molecule has 18 heavy (non-hydrogen) atoms. The highest BCUT2D eigenvalue weighted by atomic mass is 19.4. The molecule has 6 nitrogen and oxygen atoms in total. The normalized spacial score (nSPS) is 15.0. The fourth-order valence-electron chi connectivity index (χ4n) is 1.33. The van der Waals surface area contributed by atoms with E-state index in [1.165, 1.54) is 0 Å². The average Bonchev–Trinajstić information content (AvgIpc) is 2.71. The van der Waals surface area contributed by atoms with Crippen LogP contribution >= 0.6 is 0 Å². The second kappa shape index (κ2) is 4.41. The SMILES string of the molecule is C=C(C(=O)OC)[C@](O)(c1ncnn1C)C(F)(F)F. The van der Waals surface area contributed by atoms with Crippen molar-refractivity contribution in [3.8, 4) is 0 Å². The van der Waals surface area contributed by atoms with E-state index >= 15 is 0 Å². The van der Waals surface area contributed by atoms with Crippen LogP contribution in [0, 0.1) is 0 Å². The quantitative estimate of drug-likeness (QED) is 0.628. The first kappa shape index (κ1) is 14.2. The Bertz CT molecular complexity index is 483. The van der Waals surface area contributed by atoms with Gasteiger partial charge >= 0.3 is 12.1 Å². The van der Waals surface area contributed by atoms with Crippen molar-refractivity contribution in [3.05, 3.63) is 24.3 Å². The molecule has 9 heteroatoms. The summed E-state index contributed by atoms with van der Waals surface area (Å²) < 4.78 is 43.8. The molecule has 1 N–H and O–H groups in total. The summed E-state index contributed by atoms with van der Waals surface area (Å²) in [5.41, 5.74) is -4.83. The van der Waals surface area contributed by atoms with Crippen LogP contribution in [0.1, 0.15) is 5.82 Å². The summed E-state index contributed by atoms with van der Waals surface area (Å²) in [5, 5.41) is 13.2. The minimum atomic E-state index is -5.20. The topological polar surface area (TPSA) is 77.2 Å². The van der Waals surface area contributed by atoms with Gasteiger partial charge in [0, 0.05) is 7.05 Å². The molecule has 0 aliphatic rings. The number of aryl methyl sites for hydroxylation is 1. The number of aliphatic hydroxyl groups is 1. The Labute approximate surface area is 99.7 Å². The lowest BCUT2D eigenvalue weighted by Gasteiger charge is -2.29. The summed E-state index contributed by atoms with van der Waals surface area (Å²) in [6.07, 6.45) is -4.38. The first-order valence-corrected chi connectivity index (χ1v) is 4.57. The average molecular weight is 265 g/mol. The predicted molar refractivity (Wildman–Crippen MR) is 52.1 cm³/mol. The molecule has 0 saturated heterocycles. The molecule has 1 rings (SSSR count). The van der Waals surface area contributed by atoms with Gasteiger partial charge in [-0.3, -0.25) is 0 Å². The van der Waals surface area contributed by atoms with Crippen LogP contribution < -0.4 is 0 Å². The number of halogens is 3. The van der Waals surface area contributed by atoms with E-state index in [0.29, 0.717) is 4.68 Å². The number of carbonyl (C=O) groups is 1. The van der Waals surface area contributed by atoms with E-state index in [4.69, 9.17) is 0 Å². The maximum atomic E-state index is 13.0. The smallest absolute Gasteiger partial charge is 0.429 e. The zero-order valence-electron chi connectivity index (χ0n) is 9.52. The van der Waals surface area contributed by atoms with Crippen LogP contribution in [0.2, 0.25) is 0 Å². The molecule has 1 heterocycles. The fourth-order valence-corrected chi connectivity index (χ4v) is 1.33. The number of ether oxygens (including phenoxy) is 1. The van der Waals surface area contributed by atoms with E-state index in [0.717, 1.165) is 20.5 Å². The van der Waals surface area contributed by atoms with Gasteiger partial charge in [0.1, 0.15) is 6.33 Å². The third kappa shape index (κ3) is 1.96. The number of rotatable bonds is 3. The van der Waals surface area contributed by atoms with Crippen LogP contribution in [-0.2, 0) is 22.2 Å². The van der Waals surface area contributed by atoms with Crippen LogP contribution in [0.3, 0.4) is 0 Å². The number of hydrogen-bond donors (Lipinski definition) is 1. The van der Waals surface area contributed by atoms with Crippen molar-refractivity contribution >= 4 is 5.97 Å². The summed E-state index contributed by atoms with van der Waals surface area (Å²) in [7, 11) is 2.02. The van der Waals surface area contributed by atoms with E-state index in [1.807, 2.05) is 0 Å². The maximum absolute atomic E-state index is 13.0. The Morgan fingerprint density at radius 3 is 2.44 bits per heavy atom. The molecule has 0 radical (unpaired) electrons. The summed E-state index contributed by atoms with van der Waals surface area (Å²) in [5.74, 6) is -2.26. The molecule has 0 spiro atoms. The molecule has 0 aliphatic heterocycles. The van der Waals surface area contributed by atoms with Crippen molar-refractivity contribution in [1.82, 2.24) is 14.8 Å². The highest BCUT2D eigenvalue weighted by molar-refractivity contribution is 5.90. The summed E-state index contributed by atoms with van der Waals surface area (Å²) >= 11 is 0. The molecule has 0 unspecified atom stereocenters. The molecule has 100 valence electrons. The molecular weight excluding hydrogens is 255 g/mol. The summed E-state index contributed by atoms with van der Waals surface area (Å²) in [4.78, 5) is 14.5. The van der Waals surface area contributed by atoms with E-state index in [2.05, 4.69) is 21.4 Å². The van der Waals surface area contributed by atoms with Gasteiger partial charge in [0.05, 0.1) is 12.7 Å². The van der Waals surface area contributed by atoms with Gasteiger partial charge in [-0.2, -0.15) is 18.3 Å². The molecule has 0 aliphatic carbocycles. The van der Waals surface area contributed by atoms with Gasteiger partial charge in [-0.15, -0.1) is 0 Å². The Hall–Kier alpha value is -1.90. The highest BCUT2D eigenvalue weighted by Crippen LogP contribution is 2.42. The Balaban J connectivity index is 3.43. The second-order valence-corrected chi connectivity index (χ2v) is 3.39. The monoisotopic (exact) mass is 265 g/mol. The fraction of sp³-hybridized carbons (Fsp3) is 0.444.